The van der Waals surface area contributed by atoms with Crippen molar-refractivity contribution in [1.29, 1.82) is 0 Å². The molecule has 0 spiro atoms. The van der Waals surface area contributed by atoms with Crippen molar-refractivity contribution in [3.63, 3.8) is 0 Å². The Morgan fingerprint density at radius 1 is 1.40 bits per heavy atom. The summed E-state index contributed by atoms with van der Waals surface area (Å²) in [5.41, 5.74) is 0. The molecule has 1 N–H and O–H groups in total. The summed E-state index contributed by atoms with van der Waals surface area (Å²) in [7, 11) is 1.28. The van der Waals surface area contributed by atoms with Gasteiger partial charge in [-0.2, -0.15) is 0 Å². The number of halogens is 4. The first-order chi connectivity index (χ1) is 6.97. The number of carbonyl (C=O) groups excluding carboxylic acids is 1. The molecular weight excluding hydrogens is 251 g/mol. The Hall–Kier alpha value is -1.07. The summed E-state index contributed by atoms with van der Waals surface area (Å²) in [5.74, 6) is -2.81. The first-order valence-corrected chi connectivity index (χ1v) is 4.45. The van der Waals surface area contributed by atoms with Crippen LogP contribution in [0.25, 0.3) is 0 Å². The van der Waals surface area contributed by atoms with Gasteiger partial charge in [0.1, 0.15) is 5.02 Å². The van der Waals surface area contributed by atoms with Crippen molar-refractivity contribution in [3.05, 3.63) is 27.7 Å². The fourth-order valence-corrected chi connectivity index (χ4v) is 1.21. The number of hydrogen-bond donors (Lipinski definition) is 1. The lowest BCUT2D eigenvalue weighted by Gasteiger charge is -2.07. The molecule has 3 nitrogen and oxygen atoms in total. The number of benzene rings is 1. The average molecular weight is 256 g/mol. The second-order valence-electron chi connectivity index (χ2n) is 2.44. The van der Waals surface area contributed by atoms with Gasteiger partial charge in [-0.3, -0.25) is 0 Å². The maximum Gasteiger partial charge on any atom is 0.412 e. The van der Waals surface area contributed by atoms with E-state index in [9.17, 15) is 13.6 Å². The molecule has 0 radical (unpaired) electrons. The average Bonchev–Trinajstić information content (AvgIpc) is 2.22. The van der Waals surface area contributed by atoms with Crippen LogP contribution in [0.2, 0.25) is 10.0 Å². The maximum absolute atomic E-state index is 13.2. The molecule has 0 saturated carbocycles. The number of ether oxygens (including phenoxy) is 1. The number of amides is 1. The van der Waals surface area contributed by atoms with Crippen molar-refractivity contribution in [3.8, 4) is 5.75 Å². The highest BCUT2D eigenvalue weighted by atomic mass is 35.5. The highest BCUT2D eigenvalue weighted by molar-refractivity contribution is 6.35. The molecule has 0 aromatic heterocycles. The maximum atomic E-state index is 13.2. The van der Waals surface area contributed by atoms with Crippen LogP contribution >= 0.6 is 23.2 Å². The van der Waals surface area contributed by atoms with Crippen molar-refractivity contribution < 1.29 is 18.3 Å². The summed E-state index contributed by atoms with van der Waals surface area (Å²) in [6.07, 6.45) is -0.910. The highest BCUT2D eigenvalue weighted by Gasteiger charge is 2.18. The number of rotatable bonds is 1. The zero-order chi connectivity index (χ0) is 11.6. The minimum atomic E-state index is -1.18. The summed E-state index contributed by atoms with van der Waals surface area (Å²) >= 11 is 10.6. The van der Waals surface area contributed by atoms with Gasteiger partial charge < -0.3 is 10.1 Å². The van der Waals surface area contributed by atoms with Gasteiger partial charge in [0, 0.05) is 13.1 Å². The second-order valence-corrected chi connectivity index (χ2v) is 3.22. The van der Waals surface area contributed by atoms with E-state index < -0.39 is 33.5 Å². The Balaban J connectivity index is 3.15. The van der Waals surface area contributed by atoms with Crippen LogP contribution in [0.15, 0.2) is 6.07 Å². The van der Waals surface area contributed by atoms with Crippen LogP contribution in [0.5, 0.6) is 5.75 Å². The summed E-state index contributed by atoms with van der Waals surface area (Å²) in [4.78, 5) is 10.8. The van der Waals surface area contributed by atoms with Gasteiger partial charge in [0.25, 0.3) is 0 Å². The minimum Gasteiger partial charge on any atom is -0.407 e. The minimum absolute atomic E-state index is 0.430. The van der Waals surface area contributed by atoms with Gasteiger partial charge in [0.15, 0.2) is 17.4 Å². The molecule has 0 heterocycles. The van der Waals surface area contributed by atoms with Crippen molar-refractivity contribution in [2.24, 2.45) is 0 Å². The molecule has 1 aromatic carbocycles. The molecule has 7 heteroatoms. The van der Waals surface area contributed by atoms with Gasteiger partial charge in [-0.1, -0.05) is 23.2 Å². The molecule has 0 aliphatic rings. The molecule has 0 aliphatic heterocycles. The normalized spacial score (nSPS) is 9.93. The summed E-state index contributed by atoms with van der Waals surface area (Å²) in [5, 5.41) is 0.838. The molecule has 0 fully saturated rings. The Morgan fingerprint density at radius 2 is 2.00 bits per heavy atom. The number of nitrogens with one attached hydrogen (secondary N) is 1. The third kappa shape index (κ3) is 2.49. The predicted molar refractivity (Wildman–Crippen MR) is 51.5 cm³/mol. The first-order valence-electron chi connectivity index (χ1n) is 3.70. The lowest BCUT2D eigenvalue weighted by molar-refractivity contribution is 0.200. The quantitative estimate of drug-likeness (QED) is 0.619. The Kier molecular flexibility index (Phi) is 3.71. The monoisotopic (exact) mass is 255 g/mol. The van der Waals surface area contributed by atoms with E-state index >= 15 is 0 Å². The largest absolute Gasteiger partial charge is 0.412 e. The molecule has 0 bridgehead atoms. The van der Waals surface area contributed by atoms with Crippen LogP contribution in [-0.4, -0.2) is 13.1 Å². The van der Waals surface area contributed by atoms with E-state index in [1.54, 1.807) is 0 Å². The topological polar surface area (TPSA) is 38.3 Å². The van der Waals surface area contributed by atoms with Crippen LogP contribution < -0.4 is 10.1 Å². The molecule has 15 heavy (non-hydrogen) atoms. The van der Waals surface area contributed by atoms with E-state index in [1.807, 2.05) is 0 Å². The standard InChI is InChI=1S/C8H5Cl2F2NO2/c1-13-8(14)15-4-2-3(9)6(11)5(10)7(4)12/h2H,1H3,(H,13,14). The van der Waals surface area contributed by atoms with Gasteiger partial charge in [-0.05, 0) is 0 Å². The lowest BCUT2D eigenvalue weighted by atomic mass is 10.3. The van der Waals surface area contributed by atoms with E-state index in [-0.39, 0.29) is 0 Å². The lowest BCUT2D eigenvalue weighted by Crippen LogP contribution is -2.22. The first kappa shape index (κ1) is 12.0. The molecule has 0 unspecified atom stereocenters. The SMILES string of the molecule is CNC(=O)Oc1cc(Cl)c(F)c(Cl)c1F. The van der Waals surface area contributed by atoms with Crippen molar-refractivity contribution >= 4 is 29.3 Å². The molecule has 1 rings (SSSR count). The summed E-state index contributed by atoms with van der Waals surface area (Å²) in [6, 6.07) is 0.827. The van der Waals surface area contributed by atoms with Crippen LogP contribution in [0.3, 0.4) is 0 Å². The Bertz CT molecular complexity index is 412. The van der Waals surface area contributed by atoms with Crippen LogP contribution in [0, 0.1) is 11.6 Å². The third-order valence-corrected chi connectivity index (χ3v) is 2.08. The van der Waals surface area contributed by atoms with Gasteiger partial charge in [0.2, 0.25) is 0 Å². The van der Waals surface area contributed by atoms with E-state index in [0.717, 1.165) is 6.07 Å². The highest BCUT2D eigenvalue weighted by Crippen LogP contribution is 2.32. The van der Waals surface area contributed by atoms with Gasteiger partial charge >= 0.3 is 6.09 Å². The van der Waals surface area contributed by atoms with Crippen molar-refractivity contribution in [2.45, 2.75) is 0 Å². The smallest absolute Gasteiger partial charge is 0.407 e. The number of hydrogen-bond acceptors (Lipinski definition) is 2. The van der Waals surface area contributed by atoms with E-state index in [0.29, 0.717) is 0 Å². The fraction of sp³-hybridized carbons (Fsp3) is 0.125. The van der Waals surface area contributed by atoms with E-state index in [2.05, 4.69) is 10.1 Å². The molecule has 1 aromatic rings. The molecular formula is C8H5Cl2F2NO2. The zero-order valence-corrected chi connectivity index (χ0v) is 8.92. The zero-order valence-electron chi connectivity index (χ0n) is 7.41. The van der Waals surface area contributed by atoms with Crippen molar-refractivity contribution in [2.75, 3.05) is 7.05 Å². The Labute approximate surface area is 93.9 Å². The van der Waals surface area contributed by atoms with Gasteiger partial charge in [-0.15, -0.1) is 0 Å². The van der Waals surface area contributed by atoms with Crippen molar-refractivity contribution in [1.82, 2.24) is 5.32 Å². The van der Waals surface area contributed by atoms with Crippen LogP contribution in [-0.2, 0) is 0 Å². The third-order valence-electron chi connectivity index (χ3n) is 1.48. The molecule has 0 aliphatic carbocycles. The Morgan fingerprint density at radius 3 is 2.53 bits per heavy atom. The summed E-state index contributed by atoms with van der Waals surface area (Å²) < 4.78 is 30.6. The summed E-state index contributed by atoms with van der Waals surface area (Å²) in [6.45, 7) is 0. The predicted octanol–water partition coefficient (Wildman–Crippen LogP) is 2.99. The van der Waals surface area contributed by atoms with Gasteiger partial charge in [-0.25, -0.2) is 13.6 Å². The van der Waals surface area contributed by atoms with Crippen LogP contribution in [0.4, 0.5) is 13.6 Å². The number of carbonyl (C=O) groups is 1. The molecule has 0 saturated heterocycles. The van der Waals surface area contributed by atoms with E-state index in [4.69, 9.17) is 23.2 Å². The fourth-order valence-electron chi connectivity index (χ4n) is 0.776. The van der Waals surface area contributed by atoms with Gasteiger partial charge in [0.05, 0.1) is 5.02 Å². The molecule has 0 atom stereocenters. The molecule has 82 valence electrons. The second kappa shape index (κ2) is 4.63. The molecule has 1 amide bonds. The van der Waals surface area contributed by atoms with E-state index in [1.165, 1.54) is 7.05 Å². The van der Waals surface area contributed by atoms with Crippen LogP contribution in [0.1, 0.15) is 0 Å².